The summed E-state index contributed by atoms with van der Waals surface area (Å²) in [5, 5.41) is 6.05. The minimum atomic E-state index is -0.448. The van der Waals surface area contributed by atoms with Crippen LogP contribution in [0.4, 0.5) is 14.9 Å². The zero-order chi connectivity index (χ0) is 15.6. The van der Waals surface area contributed by atoms with Crippen LogP contribution >= 0.6 is 11.6 Å². The summed E-state index contributed by atoms with van der Waals surface area (Å²) >= 11 is 5.90. The van der Waals surface area contributed by atoms with E-state index in [4.69, 9.17) is 11.6 Å². The summed E-state index contributed by atoms with van der Waals surface area (Å²) in [4.78, 5) is 11.9. The predicted octanol–water partition coefficient (Wildman–Crippen LogP) is 4.33. The van der Waals surface area contributed by atoms with Crippen LogP contribution in [0.1, 0.15) is 18.4 Å². The zero-order valence-corrected chi connectivity index (χ0v) is 12.7. The van der Waals surface area contributed by atoms with Crippen molar-refractivity contribution in [2.24, 2.45) is 0 Å². The molecular weight excluding hydrogens is 303 g/mol. The lowest BCUT2D eigenvalue weighted by Gasteiger charge is -2.17. The number of rotatable bonds is 4. The molecule has 2 aromatic rings. The highest BCUT2D eigenvalue weighted by atomic mass is 35.5. The van der Waals surface area contributed by atoms with Gasteiger partial charge in [-0.3, -0.25) is 0 Å². The molecule has 1 saturated carbocycles. The second kappa shape index (κ2) is 5.97. The van der Waals surface area contributed by atoms with Gasteiger partial charge in [-0.15, -0.1) is 0 Å². The van der Waals surface area contributed by atoms with Crippen LogP contribution in [0.3, 0.4) is 0 Å². The maximum Gasteiger partial charge on any atom is 0.319 e. The summed E-state index contributed by atoms with van der Waals surface area (Å²) in [5.74, 6) is -0.448. The maximum absolute atomic E-state index is 13.5. The maximum atomic E-state index is 13.5. The van der Waals surface area contributed by atoms with Crippen molar-refractivity contribution in [2.75, 3.05) is 11.9 Å². The number of carbonyl (C=O) groups is 1. The van der Waals surface area contributed by atoms with Crippen LogP contribution in [0.25, 0.3) is 0 Å². The number of hydrogen-bond donors (Lipinski definition) is 2. The van der Waals surface area contributed by atoms with Crippen molar-refractivity contribution in [1.29, 1.82) is 0 Å². The van der Waals surface area contributed by atoms with Crippen molar-refractivity contribution >= 4 is 23.3 Å². The van der Waals surface area contributed by atoms with E-state index in [9.17, 15) is 9.18 Å². The van der Waals surface area contributed by atoms with Gasteiger partial charge in [0.15, 0.2) is 0 Å². The molecule has 0 radical (unpaired) electrons. The second-order valence-corrected chi connectivity index (χ2v) is 6.01. The highest BCUT2D eigenvalue weighted by Gasteiger charge is 2.44. The molecule has 0 atom stereocenters. The molecular formula is C17H16ClFN2O. The Balaban J connectivity index is 1.59. The van der Waals surface area contributed by atoms with Gasteiger partial charge in [-0.2, -0.15) is 0 Å². The molecule has 1 fully saturated rings. The molecule has 0 saturated heterocycles. The van der Waals surface area contributed by atoms with Crippen LogP contribution in [0.15, 0.2) is 48.5 Å². The van der Waals surface area contributed by atoms with E-state index in [1.54, 1.807) is 12.1 Å². The van der Waals surface area contributed by atoms with E-state index in [0.29, 0.717) is 11.6 Å². The lowest BCUT2D eigenvalue weighted by Crippen LogP contribution is -2.35. The van der Waals surface area contributed by atoms with Crippen molar-refractivity contribution in [2.45, 2.75) is 18.3 Å². The van der Waals surface area contributed by atoms with Crippen molar-refractivity contribution < 1.29 is 9.18 Å². The molecule has 22 heavy (non-hydrogen) atoms. The molecule has 2 amide bonds. The smallest absolute Gasteiger partial charge is 0.319 e. The Bertz CT molecular complexity index is 683. The molecule has 0 bridgehead atoms. The number of halogens is 2. The van der Waals surface area contributed by atoms with Gasteiger partial charge < -0.3 is 10.6 Å². The Hall–Kier alpha value is -2.07. The van der Waals surface area contributed by atoms with Crippen LogP contribution in [0.5, 0.6) is 0 Å². The third-order valence-corrected chi connectivity index (χ3v) is 4.27. The number of anilines is 1. The number of urea groups is 1. The number of amides is 2. The SMILES string of the molecule is O=C(NCC1(c2ccc(Cl)cc2)CC1)Nc1ccccc1F. The van der Waals surface area contributed by atoms with Gasteiger partial charge in [-0.1, -0.05) is 35.9 Å². The lowest BCUT2D eigenvalue weighted by atomic mass is 9.96. The van der Waals surface area contributed by atoms with Gasteiger partial charge in [-0.25, -0.2) is 9.18 Å². The first-order valence-electron chi connectivity index (χ1n) is 7.15. The lowest BCUT2D eigenvalue weighted by molar-refractivity contribution is 0.251. The molecule has 114 valence electrons. The standard InChI is InChI=1S/C17H16ClFN2O/c18-13-7-5-12(6-8-13)17(9-10-17)11-20-16(22)21-15-4-2-1-3-14(15)19/h1-8H,9-11H2,(H2,20,21,22). The molecule has 2 aromatic carbocycles. The molecule has 0 heterocycles. The number of carbonyl (C=O) groups excluding carboxylic acids is 1. The fraction of sp³-hybridized carbons (Fsp3) is 0.235. The van der Waals surface area contributed by atoms with E-state index in [1.807, 2.05) is 24.3 Å². The molecule has 3 nitrogen and oxygen atoms in total. The summed E-state index contributed by atoms with van der Waals surface area (Å²) in [5.41, 5.74) is 1.33. The third-order valence-electron chi connectivity index (χ3n) is 4.02. The van der Waals surface area contributed by atoms with E-state index in [0.717, 1.165) is 12.8 Å². The number of benzene rings is 2. The molecule has 0 spiro atoms. The van der Waals surface area contributed by atoms with E-state index in [1.165, 1.54) is 17.7 Å². The van der Waals surface area contributed by atoms with E-state index in [2.05, 4.69) is 10.6 Å². The zero-order valence-electron chi connectivity index (χ0n) is 11.9. The Morgan fingerprint density at radius 3 is 2.45 bits per heavy atom. The highest BCUT2D eigenvalue weighted by molar-refractivity contribution is 6.30. The van der Waals surface area contributed by atoms with E-state index >= 15 is 0 Å². The molecule has 0 unspecified atom stereocenters. The van der Waals surface area contributed by atoms with Crippen molar-refractivity contribution in [3.8, 4) is 0 Å². The van der Waals surface area contributed by atoms with Crippen LogP contribution in [0.2, 0.25) is 5.02 Å². The molecule has 0 aromatic heterocycles. The molecule has 2 N–H and O–H groups in total. The second-order valence-electron chi connectivity index (χ2n) is 5.57. The first kappa shape index (κ1) is 14.9. The van der Waals surface area contributed by atoms with Crippen LogP contribution in [-0.2, 0) is 5.41 Å². The van der Waals surface area contributed by atoms with Gasteiger partial charge in [-0.05, 0) is 42.7 Å². The molecule has 1 aliphatic carbocycles. The van der Waals surface area contributed by atoms with Crippen molar-refractivity contribution in [1.82, 2.24) is 5.32 Å². The third kappa shape index (κ3) is 3.22. The number of hydrogen-bond acceptors (Lipinski definition) is 1. The van der Waals surface area contributed by atoms with Gasteiger partial charge in [0.1, 0.15) is 5.82 Å². The summed E-state index contributed by atoms with van der Waals surface area (Å²) in [6.07, 6.45) is 2.04. The van der Waals surface area contributed by atoms with Gasteiger partial charge in [0.2, 0.25) is 0 Å². The first-order chi connectivity index (χ1) is 10.6. The van der Waals surface area contributed by atoms with Crippen LogP contribution in [-0.4, -0.2) is 12.6 Å². The topological polar surface area (TPSA) is 41.1 Å². The highest BCUT2D eigenvalue weighted by Crippen LogP contribution is 2.47. The fourth-order valence-corrected chi connectivity index (χ4v) is 2.63. The minimum absolute atomic E-state index is 0.0167. The van der Waals surface area contributed by atoms with Crippen molar-refractivity contribution in [3.05, 3.63) is 64.9 Å². The van der Waals surface area contributed by atoms with Gasteiger partial charge >= 0.3 is 6.03 Å². The average molecular weight is 319 g/mol. The predicted molar refractivity (Wildman–Crippen MR) is 85.8 cm³/mol. The number of para-hydroxylation sites is 1. The Labute approximate surface area is 133 Å². The first-order valence-corrected chi connectivity index (χ1v) is 7.52. The largest absolute Gasteiger partial charge is 0.337 e. The quantitative estimate of drug-likeness (QED) is 0.865. The summed E-state index contributed by atoms with van der Waals surface area (Å²) in [6.45, 7) is 0.523. The summed E-state index contributed by atoms with van der Waals surface area (Å²) < 4.78 is 13.5. The molecule has 0 aliphatic heterocycles. The van der Waals surface area contributed by atoms with Gasteiger partial charge in [0.05, 0.1) is 5.69 Å². The van der Waals surface area contributed by atoms with E-state index in [-0.39, 0.29) is 11.1 Å². The van der Waals surface area contributed by atoms with Crippen LogP contribution < -0.4 is 10.6 Å². The van der Waals surface area contributed by atoms with Gasteiger partial charge in [0, 0.05) is 17.0 Å². The normalized spacial score (nSPS) is 15.2. The Morgan fingerprint density at radius 1 is 1.14 bits per heavy atom. The van der Waals surface area contributed by atoms with Gasteiger partial charge in [0.25, 0.3) is 0 Å². The molecule has 3 rings (SSSR count). The average Bonchev–Trinajstić information content (AvgIpc) is 3.29. The number of nitrogens with one attached hydrogen (secondary N) is 2. The minimum Gasteiger partial charge on any atom is -0.337 e. The fourth-order valence-electron chi connectivity index (χ4n) is 2.50. The van der Waals surface area contributed by atoms with Crippen LogP contribution in [0, 0.1) is 5.82 Å². The van der Waals surface area contributed by atoms with Crippen molar-refractivity contribution in [3.63, 3.8) is 0 Å². The Kier molecular flexibility index (Phi) is 4.03. The van der Waals surface area contributed by atoms with E-state index < -0.39 is 11.8 Å². The molecule has 1 aliphatic rings. The Morgan fingerprint density at radius 2 is 1.82 bits per heavy atom. The molecule has 5 heteroatoms. The monoisotopic (exact) mass is 318 g/mol. The summed E-state index contributed by atoms with van der Waals surface area (Å²) in [6, 6.07) is 13.4. The summed E-state index contributed by atoms with van der Waals surface area (Å²) in [7, 11) is 0.